The lowest BCUT2D eigenvalue weighted by Gasteiger charge is -2.23. The van der Waals surface area contributed by atoms with Gasteiger partial charge >= 0.3 is 0 Å². The second kappa shape index (κ2) is 7.63. The number of nitrogens with one attached hydrogen (secondary N) is 2. The number of primary amides is 1. The quantitative estimate of drug-likeness (QED) is 0.580. The average molecular weight is 368 g/mol. The Kier molecular flexibility index (Phi) is 5.27. The zero-order valence-corrected chi connectivity index (χ0v) is 15.7. The highest BCUT2D eigenvalue weighted by Crippen LogP contribution is 2.34. The number of fused-ring (bicyclic) bond motifs is 1. The van der Waals surface area contributed by atoms with Crippen molar-refractivity contribution >= 4 is 22.6 Å². The van der Waals surface area contributed by atoms with Gasteiger partial charge in [0, 0.05) is 44.5 Å². The SMILES string of the molecule is CCn1ccc(-c2cc(N(C)CCNC)c(C(N)=O)c3[nH]cnc23)cc1=O. The number of hydrogen-bond donors (Lipinski definition) is 3. The maximum atomic E-state index is 12.3. The van der Waals surface area contributed by atoms with Crippen LogP contribution in [0.5, 0.6) is 0 Å². The third kappa shape index (κ3) is 3.43. The van der Waals surface area contributed by atoms with Crippen LogP contribution < -0.4 is 21.5 Å². The molecule has 0 bridgehead atoms. The van der Waals surface area contributed by atoms with Gasteiger partial charge in [0.25, 0.3) is 11.5 Å². The van der Waals surface area contributed by atoms with Gasteiger partial charge in [-0.05, 0) is 31.7 Å². The van der Waals surface area contributed by atoms with Crippen molar-refractivity contribution in [1.29, 1.82) is 0 Å². The molecule has 0 saturated carbocycles. The maximum Gasteiger partial charge on any atom is 0.253 e. The van der Waals surface area contributed by atoms with Crippen LogP contribution in [0.15, 0.2) is 35.5 Å². The van der Waals surface area contributed by atoms with Crippen molar-refractivity contribution in [3.8, 4) is 11.1 Å². The Morgan fingerprint density at radius 1 is 1.41 bits per heavy atom. The van der Waals surface area contributed by atoms with E-state index in [0.29, 0.717) is 35.4 Å². The molecule has 4 N–H and O–H groups in total. The number of aromatic nitrogens is 3. The van der Waals surface area contributed by atoms with E-state index in [1.54, 1.807) is 16.8 Å². The highest BCUT2D eigenvalue weighted by Gasteiger charge is 2.21. The molecule has 3 rings (SSSR count). The van der Waals surface area contributed by atoms with Crippen LogP contribution in [0.1, 0.15) is 17.3 Å². The fourth-order valence-corrected chi connectivity index (χ4v) is 3.20. The van der Waals surface area contributed by atoms with Gasteiger partial charge < -0.3 is 25.5 Å². The molecule has 27 heavy (non-hydrogen) atoms. The lowest BCUT2D eigenvalue weighted by Crippen LogP contribution is -2.29. The summed E-state index contributed by atoms with van der Waals surface area (Å²) in [5, 5.41) is 3.09. The summed E-state index contributed by atoms with van der Waals surface area (Å²) in [5.41, 5.74) is 9.41. The number of carbonyl (C=O) groups is 1. The standard InChI is InChI=1S/C19H24N6O2/c1-4-25-7-5-12(9-15(25)26)13-10-14(24(3)8-6-21-2)16(19(20)27)18-17(13)22-11-23-18/h5,7,9-11,21H,4,6,8H2,1-3H3,(H2,20,27)(H,22,23). The molecule has 3 aromatic rings. The van der Waals surface area contributed by atoms with E-state index in [1.807, 2.05) is 38.1 Å². The number of amides is 1. The molecular weight excluding hydrogens is 344 g/mol. The number of carbonyl (C=O) groups excluding carboxylic acids is 1. The monoisotopic (exact) mass is 368 g/mol. The Labute approximate surface area is 157 Å². The first-order valence-corrected chi connectivity index (χ1v) is 8.84. The summed E-state index contributed by atoms with van der Waals surface area (Å²) in [6.45, 7) is 3.96. The minimum absolute atomic E-state index is 0.0808. The van der Waals surface area contributed by atoms with Crippen molar-refractivity contribution in [1.82, 2.24) is 19.9 Å². The van der Waals surface area contributed by atoms with Gasteiger partial charge in [0.05, 0.1) is 28.6 Å². The molecule has 2 aromatic heterocycles. The van der Waals surface area contributed by atoms with Crippen LogP contribution in [0, 0.1) is 0 Å². The molecule has 0 aliphatic heterocycles. The number of nitrogens with two attached hydrogens (primary N) is 1. The van der Waals surface area contributed by atoms with Crippen LogP contribution in [0.25, 0.3) is 22.2 Å². The smallest absolute Gasteiger partial charge is 0.253 e. The summed E-state index contributed by atoms with van der Waals surface area (Å²) in [5.74, 6) is -0.525. The van der Waals surface area contributed by atoms with E-state index >= 15 is 0 Å². The van der Waals surface area contributed by atoms with Crippen molar-refractivity contribution in [3.05, 3.63) is 46.6 Å². The number of aryl methyl sites for hydroxylation is 1. The van der Waals surface area contributed by atoms with Gasteiger partial charge in [0.2, 0.25) is 0 Å². The van der Waals surface area contributed by atoms with Crippen LogP contribution >= 0.6 is 0 Å². The van der Waals surface area contributed by atoms with E-state index in [4.69, 9.17) is 5.73 Å². The first-order chi connectivity index (χ1) is 13.0. The highest BCUT2D eigenvalue weighted by atomic mass is 16.1. The molecule has 0 atom stereocenters. The van der Waals surface area contributed by atoms with E-state index < -0.39 is 5.91 Å². The Morgan fingerprint density at radius 3 is 2.81 bits per heavy atom. The second-order valence-corrected chi connectivity index (χ2v) is 6.37. The topological polar surface area (TPSA) is 109 Å². The summed E-state index contributed by atoms with van der Waals surface area (Å²) in [7, 11) is 3.77. The van der Waals surface area contributed by atoms with Crippen molar-refractivity contribution in [3.63, 3.8) is 0 Å². The number of hydrogen-bond acceptors (Lipinski definition) is 5. The molecule has 0 aliphatic carbocycles. The Balaban J connectivity index is 2.26. The van der Waals surface area contributed by atoms with Crippen molar-refractivity contribution in [2.75, 3.05) is 32.1 Å². The van der Waals surface area contributed by atoms with E-state index in [-0.39, 0.29) is 5.56 Å². The van der Waals surface area contributed by atoms with Crippen LogP contribution in [-0.2, 0) is 6.54 Å². The minimum Gasteiger partial charge on any atom is -0.373 e. The summed E-state index contributed by atoms with van der Waals surface area (Å²) >= 11 is 0. The second-order valence-electron chi connectivity index (χ2n) is 6.37. The number of rotatable bonds is 7. The summed E-state index contributed by atoms with van der Waals surface area (Å²) in [6.07, 6.45) is 3.30. The van der Waals surface area contributed by atoms with Gasteiger partial charge in [-0.1, -0.05) is 0 Å². The predicted octanol–water partition coefficient (Wildman–Crippen LogP) is 1.17. The molecule has 1 amide bonds. The molecule has 0 saturated heterocycles. The van der Waals surface area contributed by atoms with Crippen molar-refractivity contribution in [2.24, 2.45) is 5.73 Å². The molecule has 0 aliphatic rings. The van der Waals surface area contributed by atoms with Crippen molar-refractivity contribution < 1.29 is 4.79 Å². The van der Waals surface area contributed by atoms with Crippen LogP contribution in [0.3, 0.4) is 0 Å². The molecule has 1 aromatic carbocycles. The van der Waals surface area contributed by atoms with Crippen LogP contribution in [-0.4, -0.2) is 47.6 Å². The van der Waals surface area contributed by atoms with Gasteiger partial charge in [-0.2, -0.15) is 0 Å². The molecule has 0 unspecified atom stereocenters. The third-order valence-corrected chi connectivity index (χ3v) is 4.68. The lowest BCUT2D eigenvalue weighted by atomic mass is 9.99. The molecular formula is C19H24N6O2. The maximum absolute atomic E-state index is 12.3. The van der Waals surface area contributed by atoms with Gasteiger partial charge in [-0.15, -0.1) is 0 Å². The number of likely N-dealkylation sites (N-methyl/N-ethyl adjacent to an activating group) is 2. The number of aromatic amines is 1. The van der Waals surface area contributed by atoms with Gasteiger partial charge in [-0.25, -0.2) is 4.98 Å². The third-order valence-electron chi connectivity index (χ3n) is 4.68. The Bertz CT molecular complexity index is 1040. The van der Waals surface area contributed by atoms with E-state index in [1.165, 1.54) is 6.33 Å². The average Bonchev–Trinajstić information content (AvgIpc) is 3.13. The van der Waals surface area contributed by atoms with E-state index in [0.717, 1.165) is 17.7 Å². The first-order valence-electron chi connectivity index (χ1n) is 8.84. The lowest BCUT2D eigenvalue weighted by molar-refractivity contribution is 0.100. The Morgan fingerprint density at radius 2 is 2.19 bits per heavy atom. The minimum atomic E-state index is -0.525. The summed E-state index contributed by atoms with van der Waals surface area (Å²) in [6, 6.07) is 5.36. The zero-order chi connectivity index (χ0) is 19.6. The number of H-pyrrole nitrogens is 1. The fraction of sp³-hybridized carbons (Fsp3) is 0.316. The largest absolute Gasteiger partial charge is 0.373 e. The molecule has 8 heteroatoms. The number of benzene rings is 1. The summed E-state index contributed by atoms with van der Waals surface area (Å²) < 4.78 is 1.63. The predicted molar refractivity (Wildman–Crippen MR) is 107 cm³/mol. The number of pyridine rings is 1. The number of imidazole rings is 1. The number of nitrogens with zero attached hydrogens (tertiary/aromatic N) is 3. The molecule has 0 spiro atoms. The highest BCUT2D eigenvalue weighted by molar-refractivity contribution is 6.12. The van der Waals surface area contributed by atoms with Gasteiger partial charge in [0.1, 0.15) is 0 Å². The zero-order valence-electron chi connectivity index (χ0n) is 15.7. The number of anilines is 1. The van der Waals surface area contributed by atoms with Gasteiger partial charge in [-0.3, -0.25) is 9.59 Å². The van der Waals surface area contributed by atoms with Gasteiger partial charge in [0.15, 0.2) is 0 Å². The van der Waals surface area contributed by atoms with E-state index in [9.17, 15) is 9.59 Å². The molecule has 0 radical (unpaired) electrons. The molecule has 2 heterocycles. The molecule has 8 nitrogen and oxygen atoms in total. The van der Waals surface area contributed by atoms with E-state index in [2.05, 4.69) is 15.3 Å². The normalized spacial score (nSPS) is 11.1. The molecule has 0 fully saturated rings. The van der Waals surface area contributed by atoms with Crippen LogP contribution in [0.4, 0.5) is 5.69 Å². The Hall–Kier alpha value is -3.13. The molecule has 142 valence electrons. The van der Waals surface area contributed by atoms with Crippen LogP contribution in [0.2, 0.25) is 0 Å². The fourth-order valence-electron chi connectivity index (χ4n) is 3.20. The first kappa shape index (κ1) is 18.7. The van der Waals surface area contributed by atoms with Crippen molar-refractivity contribution in [2.45, 2.75) is 13.5 Å². The summed E-state index contributed by atoms with van der Waals surface area (Å²) in [4.78, 5) is 33.8.